The van der Waals surface area contributed by atoms with Gasteiger partial charge in [0.1, 0.15) is 11.4 Å². The predicted molar refractivity (Wildman–Crippen MR) is 107 cm³/mol. The van der Waals surface area contributed by atoms with Gasteiger partial charge < -0.3 is 10.3 Å². The van der Waals surface area contributed by atoms with E-state index in [0.717, 1.165) is 22.9 Å². The quantitative estimate of drug-likeness (QED) is 0.314. The van der Waals surface area contributed by atoms with Gasteiger partial charge in [0.2, 0.25) is 5.16 Å². The average Bonchev–Trinajstić information content (AvgIpc) is 3.06. The highest BCUT2D eigenvalue weighted by Crippen LogP contribution is 2.27. The molecule has 0 amide bonds. The van der Waals surface area contributed by atoms with Gasteiger partial charge in [-0.15, -0.1) is 10.2 Å². The maximum atomic E-state index is 13.1. The Labute approximate surface area is 164 Å². The largest absolute Gasteiger partial charge is 0.423 e. The molecule has 0 aliphatic rings. The zero-order valence-corrected chi connectivity index (χ0v) is 15.9. The number of aryl methyl sites for hydroxylation is 1. The number of fused-ring (bicyclic) bond motifs is 1. The van der Waals surface area contributed by atoms with Gasteiger partial charge in [0.25, 0.3) is 0 Å². The van der Waals surface area contributed by atoms with Gasteiger partial charge in [-0.05, 0) is 47.9 Å². The van der Waals surface area contributed by atoms with Crippen molar-refractivity contribution < 1.29 is 8.81 Å². The Kier molecular flexibility index (Phi) is 4.87. The van der Waals surface area contributed by atoms with E-state index in [1.54, 1.807) is 12.1 Å². The van der Waals surface area contributed by atoms with Gasteiger partial charge >= 0.3 is 5.63 Å². The van der Waals surface area contributed by atoms with Gasteiger partial charge in [-0.25, -0.2) is 13.9 Å². The third kappa shape index (κ3) is 3.50. The standard InChI is InChI=1S/C20H17FN4O2S/c1-2-12-3-8-16-14(10-18(26)27-17(16)9-12)11-28-20-24-23-19(25(20)22)13-4-6-15(21)7-5-13/h3-10H,2,11,22H2,1H3. The molecule has 2 heterocycles. The Hall–Kier alpha value is -3.13. The van der Waals surface area contributed by atoms with E-state index < -0.39 is 5.63 Å². The Morgan fingerprint density at radius 1 is 1.14 bits per heavy atom. The second-order valence-electron chi connectivity index (χ2n) is 6.25. The lowest BCUT2D eigenvalue weighted by Crippen LogP contribution is -2.11. The molecule has 2 N–H and O–H groups in total. The molecule has 2 aromatic heterocycles. The molecule has 0 aliphatic heterocycles. The van der Waals surface area contributed by atoms with E-state index in [0.29, 0.717) is 27.9 Å². The molecule has 4 aromatic rings. The smallest absolute Gasteiger partial charge is 0.336 e. The van der Waals surface area contributed by atoms with Crippen LogP contribution in [0.25, 0.3) is 22.4 Å². The topological polar surface area (TPSA) is 86.9 Å². The first kappa shape index (κ1) is 18.2. The molecule has 28 heavy (non-hydrogen) atoms. The molecule has 4 rings (SSSR count). The first-order valence-electron chi connectivity index (χ1n) is 8.70. The highest BCUT2D eigenvalue weighted by atomic mass is 32.2. The highest BCUT2D eigenvalue weighted by Gasteiger charge is 2.14. The van der Waals surface area contributed by atoms with Crippen LogP contribution in [0.2, 0.25) is 0 Å². The normalized spacial score (nSPS) is 11.2. The van der Waals surface area contributed by atoms with Gasteiger partial charge in [-0.2, -0.15) is 0 Å². The number of thioether (sulfide) groups is 1. The summed E-state index contributed by atoms with van der Waals surface area (Å²) in [6.07, 6.45) is 0.862. The molecule has 2 aromatic carbocycles. The van der Waals surface area contributed by atoms with E-state index in [2.05, 4.69) is 10.2 Å². The molecule has 0 radical (unpaired) electrons. The van der Waals surface area contributed by atoms with E-state index in [-0.39, 0.29) is 5.82 Å². The summed E-state index contributed by atoms with van der Waals surface area (Å²) in [7, 11) is 0. The van der Waals surface area contributed by atoms with Crippen molar-refractivity contribution in [2.75, 3.05) is 5.84 Å². The van der Waals surface area contributed by atoms with Crippen LogP contribution >= 0.6 is 11.8 Å². The summed E-state index contributed by atoms with van der Waals surface area (Å²) in [6, 6.07) is 13.2. The highest BCUT2D eigenvalue weighted by molar-refractivity contribution is 7.98. The third-order valence-corrected chi connectivity index (χ3v) is 5.42. The first-order chi connectivity index (χ1) is 13.5. The Morgan fingerprint density at radius 3 is 2.68 bits per heavy atom. The lowest BCUT2D eigenvalue weighted by Gasteiger charge is -2.07. The minimum Gasteiger partial charge on any atom is -0.423 e. The number of halogens is 1. The summed E-state index contributed by atoms with van der Waals surface area (Å²) >= 11 is 1.36. The number of hydrogen-bond donors (Lipinski definition) is 1. The number of aromatic nitrogens is 3. The number of rotatable bonds is 5. The number of hydrogen-bond acceptors (Lipinski definition) is 6. The molecule has 0 saturated heterocycles. The van der Waals surface area contributed by atoms with Crippen LogP contribution in [0.3, 0.4) is 0 Å². The van der Waals surface area contributed by atoms with Crippen molar-refractivity contribution in [2.45, 2.75) is 24.3 Å². The maximum Gasteiger partial charge on any atom is 0.336 e. The van der Waals surface area contributed by atoms with Crippen molar-refractivity contribution in [2.24, 2.45) is 0 Å². The van der Waals surface area contributed by atoms with E-state index in [9.17, 15) is 9.18 Å². The number of nitrogens with zero attached hydrogens (tertiary/aromatic N) is 3. The number of nitrogens with two attached hydrogens (primary N) is 1. The van der Waals surface area contributed by atoms with Crippen LogP contribution in [0.15, 0.2) is 62.9 Å². The van der Waals surface area contributed by atoms with Crippen LogP contribution in [0.4, 0.5) is 4.39 Å². The van der Waals surface area contributed by atoms with Gasteiger partial charge in [0, 0.05) is 22.8 Å². The van der Waals surface area contributed by atoms with Crippen molar-refractivity contribution in [1.29, 1.82) is 0 Å². The first-order valence-corrected chi connectivity index (χ1v) is 9.68. The van der Waals surface area contributed by atoms with Crippen molar-refractivity contribution in [3.05, 3.63) is 75.9 Å². The zero-order valence-electron chi connectivity index (χ0n) is 15.1. The van der Waals surface area contributed by atoms with E-state index in [1.165, 1.54) is 34.6 Å². The predicted octanol–water partition coefficient (Wildman–Crippen LogP) is 3.76. The Balaban J connectivity index is 1.62. The van der Waals surface area contributed by atoms with Crippen LogP contribution in [0.1, 0.15) is 18.1 Å². The van der Waals surface area contributed by atoms with Gasteiger partial charge in [0.05, 0.1) is 0 Å². The summed E-state index contributed by atoms with van der Waals surface area (Å²) in [4.78, 5) is 11.9. The molecule has 0 saturated carbocycles. The van der Waals surface area contributed by atoms with Crippen molar-refractivity contribution >= 4 is 22.7 Å². The molecule has 0 fully saturated rings. The monoisotopic (exact) mass is 396 g/mol. The third-order valence-electron chi connectivity index (χ3n) is 4.43. The van der Waals surface area contributed by atoms with Crippen molar-refractivity contribution in [3.63, 3.8) is 0 Å². The fourth-order valence-electron chi connectivity index (χ4n) is 2.93. The number of nitrogen functional groups attached to an aromatic ring is 1. The molecule has 0 aliphatic carbocycles. The lowest BCUT2D eigenvalue weighted by molar-refractivity contribution is 0.559. The molecule has 0 unspecified atom stereocenters. The minimum atomic E-state index is -0.391. The van der Waals surface area contributed by atoms with Gasteiger partial charge in [-0.1, -0.05) is 30.8 Å². The minimum absolute atomic E-state index is 0.331. The van der Waals surface area contributed by atoms with Gasteiger partial charge in [0.15, 0.2) is 5.82 Å². The maximum absolute atomic E-state index is 13.1. The summed E-state index contributed by atoms with van der Waals surface area (Å²) in [5.41, 5.74) is 2.79. The second kappa shape index (κ2) is 7.47. The fraction of sp³-hybridized carbons (Fsp3) is 0.150. The van der Waals surface area contributed by atoms with Crippen LogP contribution in [0.5, 0.6) is 0 Å². The van der Waals surface area contributed by atoms with E-state index in [1.807, 2.05) is 25.1 Å². The van der Waals surface area contributed by atoms with Crippen LogP contribution in [-0.2, 0) is 12.2 Å². The molecular weight excluding hydrogens is 379 g/mol. The molecular formula is C20H17FN4O2S. The fourth-order valence-corrected chi connectivity index (χ4v) is 3.77. The van der Waals surface area contributed by atoms with Crippen LogP contribution < -0.4 is 11.5 Å². The molecule has 6 nitrogen and oxygen atoms in total. The Bertz CT molecular complexity index is 1200. The summed E-state index contributed by atoms with van der Waals surface area (Å²) in [5.74, 6) is 6.70. The molecule has 0 atom stereocenters. The van der Waals surface area contributed by atoms with Crippen LogP contribution in [0, 0.1) is 5.82 Å². The molecule has 142 valence electrons. The van der Waals surface area contributed by atoms with Crippen LogP contribution in [-0.4, -0.2) is 14.9 Å². The Morgan fingerprint density at radius 2 is 1.93 bits per heavy atom. The number of benzene rings is 2. The molecule has 0 spiro atoms. The lowest BCUT2D eigenvalue weighted by atomic mass is 10.1. The van der Waals surface area contributed by atoms with E-state index in [4.69, 9.17) is 10.3 Å². The average molecular weight is 396 g/mol. The van der Waals surface area contributed by atoms with Crippen molar-refractivity contribution in [1.82, 2.24) is 14.9 Å². The summed E-state index contributed by atoms with van der Waals surface area (Å²) in [5, 5.41) is 9.58. The summed E-state index contributed by atoms with van der Waals surface area (Å²) < 4.78 is 19.8. The molecule has 8 heteroatoms. The van der Waals surface area contributed by atoms with Crippen molar-refractivity contribution in [3.8, 4) is 11.4 Å². The zero-order chi connectivity index (χ0) is 19.7. The SMILES string of the molecule is CCc1ccc2c(CSc3nnc(-c4ccc(F)cc4)n3N)cc(=O)oc2c1. The summed E-state index contributed by atoms with van der Waals surface area (Å²) in [6.45, 7) is 2.05. The van der Waals surface area contributed by atoms with Gasteiger partial charge in [-0.3, -0.25) is 0 Å². The molecule has 0 bridgehead atoms. The van der Waals surface area contributed by atoms with E-state index >= 15 is 0 Å². The second-order valence-corrected chi connectivity index (χ2v) is 7.19.